The number of allylic oxidation sites excluding steroid dienone is 4. The van der Waals surface area contributed by atoms with Crippen molar-refractivity contribution in [2.24, 2.45) is 17.3 Å². The van der Waals surface area contributed by atoms with Crippen LogP contribution in [0.15, 0.2) is 35.5 Å². The number of aliphatic hydroxyl groups is 2. The molecule has 0 aromatic carbocycles. The Balaban J connectivity index is 2.11. The highest BCUT2D eigenvalue weighted by molar-refractivity contribution is 5.22. The van der Waals surface area contributed by atoms with Gasteiger partial charge in [0.15, 0.2) is 0 Å². The van der Waals surface area contributed by atoms with Crippen LogP contribution in [0.2, 0.25) is 0 Å². The van der Waals surface area contributed by atoms with Crippen LogP contribution in [0.1, 0.15) is 60.3 Å². The summed E-state index contributed by atoms with van der Waals surface area (Å²) in [5.74, 6) is 1.08. The number of aliphatic hydroxyl groups excluding tert-OH is 1. The van der Waals surface area contributed by atoms with Crippen molar-refractivity contribution in [1.82, 2.24) is 0 Å². The molecule has 1 saturated carbocycles. The average Bonchev–Trinajstić information content (AvgIpc) is 2.42. The summed E-state index contributed by atoms with van der Waals surface area (Å²) >= 11 is 0. The fourth-order valence-corrected chi connectivity index (χ4v) is 4.13. The SMILES string of the molecule is CC1=CC[C@@H](O)[C@]2(C)CC[C@@H](/C(C)=C/C=C/C(C)(C)O)C[C@@H]12. The third-order valence-electron chi connectivity index (χ3n) is 5.83. The summed E-state index contributed by atoms with van der Waals surface area (Å²) in [4.78, 5) is 0. The Morgan fingerprint density at radius 2 is 2.09 bits per heavy atom. The second-order valence-electron chi connectivity index (χ2n) is 8.15. The van der Waals surface area contributed by atoms with Crippen molar-refractivity contribution in [1.29, 1.82) is 0 Å². The van der Waals surface area contributed by atoms with Crippen molar-refractivity contribution in [3.05, 3.63) is 35.5 Å². The summed E-state index contributed by atoms with van der Waals surface area (Å²) in [7, 11) is 0. The van der Waals surface area contributed by atoms with Gasteiger partial charge in [0.2, 0.25) is 0 Å². The molecular formula is C20H32O2. The van der Waals surface area contributed by atoms with Crippen LogP contribution in [-0.2, 0) is 0 Å². The fraction of sp³-hybridized carbons (Fsp3) is 0.700. The van der Waals surface area contributed by atoms with Crippen LogP contribution in [0.25, 0.3) is 0 Å². The lowest BCUT2D eigenvalue weighted by atomic mass is 9.56. The Morgan fingerprint density at radius 1 is 1.41 bits per heavy atom. The first-order valence-corrected chi connectivity index (χ1v) is 8.56. The molecule has 1 fully saturated rings. The standard InChI is InChI=1S/C20H32O2/c1-14(7-6-11-19(3,4)22)16-10-12-20(5)17(13-16)15(2)8-9-18(20)21/h6-8,11,16-18,21-22H,9-10,12-13H2,1-5H3/b11-6+,14-7+/t16-,17+,18-,20-/m1/s1. The van der Waals surface area contributed by atoms with Crippen molar-refractivity contribution < 1.29 is 10.2 Å². The van der Waals surface area contributed by atoms with E-state index in [-0.39, 0.29) is 11.5 Å². The van der Waals surface area contributed by atoms with Crippen molar-refractivity contribution in [2.45, 2.75) is 72.0 Å². The van der Waals surface area contributed by atoms with Gasteiger partial charge in [-0.1, -0.05) is 42.4 Å². The minimum absolute atomic E-state index is 0.0541. The minimum atomic E-state index is -0.755. The molecule has 2 rings (SSSR count). The fourth-order valence-electron chi connectivity index (χ4n) is 4.13. The Bertz CT molecular complexity index is 492. The van der Waals surface area contributed by atoms with Crippen LogP contribution in [0.4, 0.5) is 0 Å². The molecular weight excluding hydrogens is 272 g/mol. The Labute approximate surface area is 135 Å². The van der Waals surface area contributed by atoms with Gasteiger partial charge in [0, 0.05) is 5.41 Å². The van der Waals surface area contributed by atoms with Gasteiger partial charge in [0.05, 0.1) is 11.7 Å². The van der Waals surface area contributed by atoms with E-state index in [1.807, 2.05) is 12.2 Å². The van der Waals surface area contributed by atoms with Gasteiger partial charge in [0.1, 0.15) is 0 Å². The van der Waals surface area contributed by atoms with E-state index in [9.17, 15) is 10.2 Å². The highest BCUT2D eigenvalue weighted by Crippen LogP contribution is 2.53. The molecule has 0 spiro atoms. The number of fused-ring (bicyclic) bond motifs is 1. The first kappa shape index (κ1) is 17.5. The summed E-state index contributed by atoms with van der Waals surface area (Å²) in [6.07, 6.45) is 12.2. The second kappa shape index (κ2) is 6.33. The highest BCUT2D eigenvalue weighted by atomic mass is 16.3. The molecule has 0 bridgehead atoms. The maximum Gasteiger partial charge on any atom is 0.0774 e. The van der Waals surface area contributed by atoms with Crippen LogP contribution in [0.3, 0.4) is 0 Å². The van der Waals surface area contributed by atoms with Crippen LogP contribution in [-0.4, -0.2) is 21.9 Å². The molecule has 0 aromatic heterocycles. The molecule has 2 nitrogen and oxygen atoms in total. The van der Waals surface area contributed by atoms with E-state index in [1.165, 1.54) is 11.1 Å². The maximum atomic E-state index is 10.4. The third kappa shape index (κ3) is 3.72. The molecule has 0 unspecified atom stereocenters. The monoisotopic (exact) mass is 304 g/mol. The molecule has 2 aliphatic carbocycles. The zero-order valence-electron chi connectivity index (χ0n) is 14.8. The summed E-state index contributed by atoms with van der Waals surface area (Å²) in [5, 5.41) is 20.2. The molecule has 0 amide bonds. The number of hydrogen-bond donors (Lipinski definition) is 2. The van der Waals surface area contributed by atoms with Crippen LogP contribution >= 0.6 is 0 Å². The predicted molar refractivity (Wildman–Crippen MR) is 92.5 cm³/mol. The highest BCUT2D eigenvalue weighted by Gasteiger charge is 2.46. The van der Waals surface area contributed by atoms with Gasteiger partial charge in [-0.15, -0.1) is 0 Å². The summed E-state index contributed by atoms with van der Waals surface area (Å²) < 4.78 is 0. The minimum Gasteiger partial charge on any atom is -0.392 e. The van der Waals surface area contributed by atoms with Gasteiger partial charge in [-0.3, -0.25) is 0 Å². The molecule has 22 heavy (non-hydrogen) atoms. The number of rotatable bonds is 3. The largest absolute Gasteiger partial charge is 0.392 e. The summed E-state index contributed by atoms with van der Waals surface area (Å²) in [6, 6.07) is 0. The van der Waals surface area contributed by atoms with Crippen molar-refractivity contribution in [2.75, 3.05) is 0 Å². The Hall–Kier alpha value is -0.860. The molecule has 2 aliphatic rings. The average molecular weight is 304 g/mol. The normalized spacial score (nSPS) is 37.1. The molecule has 2 heteroatoms. The van der Waals surface area contributed by atoms with E-state index in [0.29, 0.717) is 11.8 Å². The predicted octanol–water partition coefficient (Wildman–Crippen LogP) is 4.39. The van der Waals surface area contributed by atoms with E-state index in [1.54, 1.807) is 13.8 Å². The van der Waals surface area contributed by atoms with E-state index in [0.717, 1.165) is 25.7 Å². The van der Waals surface area contributed by atoms with Crippen LogP contribution in [0, 0.1) is 17.3 Å². The van der Waals surface area contributed by atoms with Gasteiger partial charge in [-0.05, 0) is 65.2 Å². The molecule has 0 saturated heterocycles. The molecule has 0 aliphatic heterocycles. The smallest absolute Gasteiger partial charge is 0.0774 e. The molecule has 4 atom stereocenters. The maximum absolute atomic E-state index is 10.4. The summed E-state index contributed by atoms with van der Waals surface area (Å²) in [5.41, 5.74) is 2.14. The van der Waals surface area contributed by atoms with Crippen LogP contribution in [0.5, 0.6) is 0 Å². The topological polar surface area (TPSA) is 40.5 Å². The van der Waals surface area contributed by atoms with Gasteiger partial charge >= 0.3 is 0 Å². The van der Waals surface area contributed by atoms with Crippen molar-refractivity contribution >= 4 is 0 Å². The van der Waals surface area contributed by atoms with E-state index < -0.39 is 5.60 Å². The van der Waals surface area contributed by atoms with Crippen molar-refractivity contribution in [3.63, 3.8) is 0 Å². The van der Waals surface area contributed by atoms with Crippen molar-refractivity contribution in [3.8, 4) is 0 Å². The first-order valence-electron chi connectivity index (χ1n) is 8.56. The Morgan fingerprint density at radius 3 is 2.73 bits per heavy atom. The lowest BCUT2D eigenvalue weighted by Crippen LogP contribution is -2.46. The quantitative estimate of drug-likeness (QED) is 0.599. The molecule has 124 valence electrons. The molecule has 0 aromatic rings. The van der Waals surface area contributed by atoms with Gasteiger partial charge in [-0.25, -0.2) is 0 Å². The van der Waals surface area contributed by atoms with E-state index >= 15 is 0 Å². The molecule has 0 radical (unpaired) electrons. The first-order chi connectivity index (χ1) is 10.1. The van der Waals surface area contributed by atoms with Crippen LogP contribution < -0.4 is 0 Å². The summed E-state index contributed by atoms with van der Waals surface area (Å²) in [6.45, 7) is 10.3. The lowest BCUT2D eigenvalue weighted by molar-refractivity contribution is -0.0357. The van der Waals surface area contributed by atoms with Gasteiger partial charge in [-0.2, -0.15) is 0 Å². The van der Waals surface area contributed by atoms with E-state index in [4.69, 9.17) is 0 Å². The van der Waals surface area contributed by atoms with Gasteiger partial charge in [0.25, 0.3) is 0 Å². The molecule has 2 N–H and O–H groups in total. The second-order valence-corrected chi connectivity index (χ2v) is 8.15. The molecule has 0 heterocycles. The zero-order chi connectivity index (χ0) is 16.5. The number of hydrogen-bond acceptors (Lipinski definition) is 2. The zero-order valence-corrected chi connectivity index (χ0v) is 14.8. The van der Waals surface area contributed by atoms with Gasteiger partial charge < -0.3 is 10.2 Å². The Kier molecular flexibility index (Phi) is 5.03. The lowest BCUT2D eigenvalue weighted by Gasteiger charge is -2.50. The third-order valence-corrected chi connectivity index (χ3v) is 5.83. The van der Waals surface area contributed by atoms with E-state index in [2.05, 4.69) is 32.9 Å².